The molecule has 0 saturated heterocycles. The van der Waals surface area contributed by atoms with Crippen LogP contribution in [-0.2, 0) is 6.61 Å². The van der Waals surface area contributed by atoms with Gasteiger partial charge in [-0.1, -0.05) is 47.5 Å². The van der Waals surface area contributed by atoms with E-state index in [1.807, 2.05) is 36.4 Å². The van der Waals surface area contributed by atoms with Crippen molar-refractivity contribution in [2.45, 2.75) is 6.61 Å². The first-order chi connectivity index (χ1) is 12.1. The van der Waals surface area contributed by atoms with Gasteiger partial charge in [0.2, 0.25) is 0 Å². The van der Waals surface area contributed by atoms with Crippen molar-refractivity contribution >= 4 is 44.9 Å². The van der Waals surface area contributed by atoms with Gasteiger partial charge in [-0.05, 0) is 41.3 Å². The third-order valence-electron chi connectivity index (χ3n) is 3.98. The van der Waals surface area contributed by atoms with Crippen molar-refractivity contribution in [1.29, 1.82) is 0 Å². The molecule has 0 amide bonds. The third kappa shape index (κ3) is 3.09. The first kappa shape index (κ1) is 16.0. The Labute approximate surface area is 153 Å². The zero-order valence-corrected chi connectivity index (χ0v) is 14.5. The largest absolute Gasteiger partial charge is 0.489 e. The molecule has 0 bridgehead atoms. The van der Waals surface area contributed by atoms with Crippen LogP contribution < -0.4 is 10.4 Å². The minimum absolute atomic E-state index is 0.334. The Morgan fingerprint density at radius 3 is 2.44 bits per heavy atom. The average molecular weight is 371 g/mol. The van der Waals surface area contributed by atoms with Crippen molar-refractivity contribution in [2.24, 2.45) is 0 Å². The van der Waals surface area contributed by atoms with E-state index in [1.54, 1.807) is 24.3 Å². The van der Waals surface area contributed by atoms with Crippen LogP contribution in [0.2, 0.25) is 10.0 Å². The predicted octanol–water partition coefficient (Wildman–Crippen LogP) is 5.83. The molecule has 0 unspecified atom stereocenters. The van der Waals surface area contributed by atoms with Crippen molar-refractivity contribution in [1.82, 2.24) is 0 Å². The van der Waals surface area contributed by atoms with Gasteiger partial charge in [-0.3, -0.25) is 0 Å². The third-order valence-corrected chi connectivity index (χ3v) is 4.72. The minimum Gasteiger partial charge on any atom is -0.489 e. The Morgan fingerprint density at radius 2 is 1.64 bits per heavy atom. The first-order valence-electron chi connectivity index (χ1n) is 7.64. The number of hydrogen-bond acceptors (Lipinski definition) is 3. The molecule has 4 rings (SSSR count). The first-order valence-corrected chi connectivity index (χ1v) is 8.40. The van der Waals surface area contributed by atoms with Crippen molar-refractivity contribution in [3.05, 3.63) is 86.7 Å². The van der Waals surface area contributed by atoms with Crippen LogP contribution in [0.5, 0.6) is 5.75 Å². The quantitative estimate of drug-likeness (QED) is 0.336. The van der Waals surface area contributed by atoms with Gasteiger partial charge in [0.15, 0.2) is 0 Å². The molecule has 4 aromatic rings. The smallest absolute Gasteiger partial charge is 0.344 e. The molecule has 0 aliphatic rings. The van der Waals surface area contributed by atoms with Crippen LogP contribution in [0.15, 0.2) is 69.9 Å². The Bertz CT molecular complexity index is 1150. The van der Waals surface area contributed by atoms with Crippen LogP contribution >= 0.6 is 23.2 Å². The van der Waals surface area contributed by atoms with Crippen LogP contribution in [-0.4, -0.2) is 0 Å². The van der Waals surface area contributed by atoms with Crippen LogP contribution in [0.1, 0.15) is 5.56 Å². The molecule has 0 spiro atoms. The number of rotatable bonds is 3. The standard InChI is InChI=1S/C20H12Cl2O3/c21-17-8-5-12(9-18(17)22)11-24-13-6-7-15-14-3-1-2-4-16(14)20(23)25-19(15)10-13/h1-10H,11H2. The summed E-state index contributed by atoms with van der Waals surface area (Å²) in [6.45, 7) is 0.334. The van der Waals surface area contributed by atoms with Crippen LogP contribution in [0.3, 0.4) is 0 Å². The fourth-order valence-corrected chi connectivity index (χ4v) is 3.07. The summed E-state index contributed by atoms with van der Waals surface area (Å²) in [6, 6.07) is 18.2. The summed E-state index contributed by atoms with van der Waals surface area (Å²) in [5.74, 6) is 0.608. The van der Waals surface area contributed by atoms with Crippen molar-refractivity contribution < 1.29 is 9.15 Å². The van der Waals surface area contributed by atoms with Crippen LogP contribution in [0.4, 0.5) is 0 Å². The number of halogens is 2. The van der Waals surface area contributed by atoms with Gasteiger partial charge in [-0.2, -0.15) is 0 Å². The zero-order chi connectivity index (χ0) is 17.4. The van der Waals surface area contributed by atoms with Gasteiger partial charge in [-0.15, -0.1) is 0 Å². The van der Waals surface area contributed by atoms with Gasteiger partial charge in [-0.25, -0.2) is 4.79 Å². The van der Waals surface area contributed by atoms with Gasteiger partial charge in [0.05, 0.1) is 15.4 Å². The highest BCUT2D eigenvalue weighted by Gasteiger charge is 2.08. The molecular weight excluding hydrogens is 359 g/mol. The van der Waals surface area contributed by atoms with E-state index < -0.39 is 0 Å². The zero-order valence-electron chi connectivity index (χ0n) is 13.0. The van der Waals surface area contributed by atoms with E-state index in [0.717, 1.165) is 16.3 Å². The summed E-state index contributed by atoms with van der Waals surface area (Å²) in [5, 5.41) is 3.30. The van der Waals surface area contributed by atoms with Gasteiger partial charge in [0.25, 0.3) is 0 Å². The molecule has 25 heavy (non-hydrogen) atoms. The fourth-order valence-electron chi connectivity index (χ4n) is 2.75. The highest BCUT2D eigenvalue weighted by molar-refractivity contribution is 6.42. The summed E-state index contributed by atoms with van der Waals surface area (Å²) < 4.78 is 11.2. The predicted molar refractivity (Wildman–Crippen MR) is 101 cm³/mol. The van der Waals surface area contributed by atoms with Crippen LogP contribution in [0.25, 0.3) is 21.7 Å². The van der Waals surface area contributed by atoms with E-state index in [0.29, 0.717) is 33.4 Å². The van der Waals surface area contributed by atoms with E-state index in [-0.39, 0.29) is 5.63 Å². The minimum atomic E-state index is -0.357. The maximum absolute atomic E-state index is 12.1. The highest BCUT2D eigenvalue weighted by Crippen LogP contribution is 2.27. The maximum atomic E-state index is 12.1. The highest BCUT2D eigenvalue weighted by atomic mass is 35.5. The molecular formula is C20H12Cl2O3. The van der Waals surface area contributed by atoms with E-state index in [9.17, 15) is 4.79 Å². The molecule has 0 atom stereocenters. The Morgan fingerprint density at radius 1 is 0.840 bits per heavy atom. The molecule has 5 heteroatoms. The normalized spacial score (nSPS) is 11.1. The van der Waals surface area contributed by atoms with Gasteiger partial charge >= 0.3 is 5.63 Å². The van der Waals surface area contributed by atoms with Gasteiger partial charge in [0.1, 0.15) is 17.9 Å². The Kier molecular flexibility index (Phi) is 4.12. The lowest BCUT2D eigenvalue weighted by atomic mass is 10.1. The summed E-state index contributed by atoms with van der Waals surface area (Å²) in [4.78, 5) is 12.1. The lowest BCUT2D eigenvalue weighted by Gasteiger charge is -2.09. The molecule has 3 nitrogen and oxygen atoms in total. The number of ether oxygens (including phenoxy) is 1. The van der Waals surface area contributed by atoms with Crippen LogP contribution in [0, 0.1) is 0 Å². The lowest BCUT2D eigenvalue weighted by molar-refractivity contribution is 0.306. The monoisotopic (exact) mass is 370 g/mol. The molecule has 0 saturated carbocycles. The lowest BCUT2D eigenvalue weighted by Crippen LogP contribution is -2.00. The van der Waals surface area contributed by atoms with E-state index >= 15 is 0 Å². The molecule has 0 radical (unpaired) electrons. The van der Waals surface area contributed by atoms with Gasteiger partial charge in [0, 0.05) is 11.5 Å². The number of hydrogen-bond donors (Lipinski definition) is 0. The molecule has 1 aromatic heterocycles. The van der Waals surface area contributed by atoms with Crippen molar-refractivity contribution in [3.8, 4) is 5.75 Å². The second-order valence-electron chi connectivity index (χ2n) is 5.63. The van der Waals surface area contributed by atoms with Gasteiger partial charge < -0.3 is 9.15 Å². The van der Waals surface area contributed by atoms with E-state index in [2.05, 4.69) is 0 Å². The maximum Gasteiger partial charge on any atom is 0.344 e. The second kappa shape index (κ2) is 6.43. The molecule has 0 N–H and O–H groups in total. The molecule has 0 aliphatic carbocycles. The van der Waals surface area contributed by atoms with E-state index in [4.69, 9.17) is 32.4 Å². The molecule has 0 aliphatic heterocycles. The number of fused-ring (bicyclic) bond motifs is 3. The summed E-state index contributed by atoms with van der Waals surface area (Å²) >= 11 is 11.9. The molecule has 1 heterocycles. The van der Waals surface area contributed by atoms with Crippen molar-refractivity contribution in [2.75, 3.05) is 0 Å². The van der Waals surface area contributed by atoms with Crippen molar-refractivity contribution in [3.63, 3.8) is 0 Å². The average Bonchev–Trinajstić information content (AvgIpc) is 2.63. The Hall–Kier alpha value is -2.49. The number of benzene rings is 3. The summed E-state index contributed by atoms with van der Waals surface area (Å²) in [5.41, 5.74) is 1.04. The summed E-state index contributed by atoms with van der Waals surface area (Å²) in [6.07, 6.45) is 0. The topological polar surface area (TPSA) is 39.4 Å². The molecule has 124 valence electrons. The Balaban J connectivity index is 1.68. The van der Waals surface area contributed by atoms with E-state index in [1.165, 1.54) is 0 Å². The fraction of sp³-hybridized carbons (Fsp3) is 0.0500. The molecule has 3 aromatic carbocycles. The SMILES string of the molecule is O=c1oc2cc(OCc3ccc(Cl)c(Cl)c3)ccc2c2ccccc12. The second-order valence-corrected chi connectivity index (χ2v) is 6.44. The summed E-state index contributed by atoms with van der Waals surface area (Å²) in [7, 11) is 0. The molecule has 0 fully saturated rings.